The van der Waals surface area contributed by atoms with E-state index in [1.54, 1.807) is 0 Å². The Bertz CT molecular complexity index is 386. The molecule has 0 aromatic carbocycles. The summed E-state index contributed by atoms with van der Waals surface area (Å²) in [6, 6.07) is 0. The van der Waals surface area contributed by atoms with Crippen LogP contribution in [0.15, 0.2) is 14.4 Å². The quantitative estimate of drug-likeness (QED) is 0.520. The maximum absolute atomic E-state index is 11.0. The molecule has 0 radical (unpaired) electrons. The predicted octanol–water partition coefficient (Wildman–Crippen LogP) is -1.00. The molecule has 0 aliphatic carbocycles. The van der Waals surface area contributed by atoms with Gasteiger partial charge in [0, 0.05) is 0 Å². The van der Waals surface area contributed by atoms with Gasteiger partial charge in [0.05, 0.1) is 48.4 Å². The van der Waals surface area contributed by atoms with E-state index in [-0.39, 0.29) is 51.4 Å². The van der Waals surface area contributed by atoms with Crippen LogP contribution < -0.4 is 17.1 Å². The van der Waals surface area contributed by atoms with E-state index in [0.29, 0.717) is 10.8 Å². The summed E-state index contributed by atoms with van der Waals surface area (Å²) in [5, 5.41) is 0. The summed E-state index contributed by atoms with van der Waals surface area (Å²) in [7, 11) is 0. The van der Waals surface area contributed by atoms with Crippen LogP contribution in [0.4, 0.5) is 0 Å². The van der Waals surface area contributed by atoms with Gasteiger partial charge in [0.25, 0.3) is 0 Å². The summed E-state index contributed by atoms with van der Waals surface area (Å²) in [6.45, 7) is 0. The zero-order valence-corrected chi connectivity index (χ0v) is 9.96. The Hall–Kier alpha value is 1.49. The molecule has 0 fully saturated rings. The molecule has 0 bridgehead atoms. The Morgan fingerprint density at radius 3 is 1.00 bits per heavy atom. The molecule has 0 saturated heterocycles. The predicted molar refractivity (Wildman–Crippen MR) is 59.3 cm³/mol. The fourth-order valence-electron chi connectivity index (χ4n) is 0.477. The topological polar surface area (TPSA) is 66.0 Å². The van der Waals surface area contributed by atoms with Gasteiger partial charge in [0.15, 0.2) is 0 Å². The first-order valence-electron chi connectivity index (χ1n) is 2.46. The van der Waals surface area contributed by atoms with Crippen LogP contribution in [0.2, 0.25) is 0 Å². The SMILES string of the molecule is O=c1n(Br)c(=O)n(Br)c(=O)n1Br.[KH]. The van der Waals surface area contributed by atoms with Crippen molar-refractivity contribution in [1.29, 1.82) is 0 Å². The molecule has 1 heterocycles. The van der Waals surface area contributed by atoms with Gasteiger partial charge in [-0.1, -0.05) is 0 Å². The average molecular weight is 406 g/mol. The van der Waals surface area contributed by atoms with Crippen molar-refractivity contribution in [2.45, 2.75) is 0 Å². The number of rotatable bonds is 0. The molecule has 0 amide bonds. The van der Waals surface area contributed by atoms with Crippen molar-refractivity contribution in [3.63, 3.8) is 0 Å². The molecule has 13 heavy (non-hydrogen) atoms. The fraction of sp³-hybridized carbons (Fsp3) is 0. The van der Waals surface area contributed by atoms with E-state index in [9.17, 15) is 14.4 Å². The molecule has 0 aliphatic heterocycles. The van der Waals surface area contributed by atoms with E-state index in [2.05, 4.69) is 48.4 Å². The van der Waals surface area contributed by atoms with Crippen molar-refractivity contribution in [2.75, 3.05) is 0 Å². The second kappa shape index (κ2) is 5.54. The number of hydrogen-bond donors (Lipinski definition) is 0. The normalized spacial score (nSPS) is 9.46. The molecule has 6 nitrogen and oxygen atoms in total. The van der Waals surface area contributed by atoms with E-state index in [0.717, 1.165) is 0 Å². The van der Waals surface area contributed by atoms with Crippen molar-refractivity contribution in [2.24, 2.45) is 0 Å². The minimum absolute atomic E-state index is 0. The van der Waals surface area contributed by atoms with Crippen molar-refractivity contribution < 1.29 is 0 Å². The van der Waals surface area contributed by atoms with Crippen LogP contribution in [0.5, 0.6) is 0 Å². The molecular formula is C3HBr3KN3O3. The van der Waals surface area contributed by atoms with Gasteiger partial charge in [-0.25, -0.2) is 14.4 Å². The molecule has 0 aliphatic rings. The van der Waals surface area contributed by atoms with Gasteiger partial charge in [-0.15, -0.1) is 0 Å². The summed E-state index contributed by atoms with van der Waals surface area (Å²) in [4.78, 5) is 32.9. The van der Waals surface area contributed by atoms with Crippen LogP contribution in [0.3, 0.4) is 0 Å². The standard InChI is InChI=1S/C3Br3N3O3.K.H/c4-7-1(10)8(5)3(12)9(6)2(7)11;;. The fourth-order valence-corrected chi connectivity index (χ4v) is 2.07. The molecule has 0 atom stereocenters. The third-order valence-corrected chi connectivity index (χ3v) is 2.83. The summed E-state index contributed by atoms with van der Waals surface area (Å²) >= 11 is 8.00. The Morgan fingerprint density at radius 1 is 0.692 bits per heavy atom. The summed E-state index contributed by atoms with van der Waals surface area (Å²) < 4.78 is 1.79. The molecule has 0 spiro atoms. The van der Waals surface area contributed by atoms with Gasteiger partial charge >= 0.3 is 68.5 Å². The van der Waals surface area contributed by atoms with Crippen molar-refractivity contribution in [3.05, 3.63) is 31.5 Å². The summed E-state index contributed by atoms with van der Waals surface area (Å²) in [5.74, 6) is 0. The Kier molecular flexibility index (Phi) is 6.17. The molecule has 1 rings (SSSR count). The zero-order chi connectivity index (χ0) is 9.46. The maximum atomic E-state index is 11.0. The van der Waals surface area contributed by atoms with Crippen molar-refractivity contribution in [1.82, 2.24) is 10.8 Å². The molecule has 10 heteroatoms. The molecular weight excluding hydrogens is 405 g/mol. The van der Waals surface area contributed by atoms with Gasteiger partial charge in [-0.2, -0.15) is 10.8 Å². The summed E-state index contributed by atoms with van der Waals surface area (Å²) in [6.07, 6.45) is 0. The third kappa shape index (κ3) is 2.74. The van der Waals surface area contributed by atoms with E-state index in [4.69, 9.17) is 0 Å². The van der Waals surface area contributed by atoms with E-state index >= 15 is 0 Å². The second-order valence-corrected chi connectivity index (χ2v) is 3.82. The van der Waals surface area contributed by atoms with Crippen LogP contribution >= 0.6 is 48.4 Å². The van der Waals surface area contributed by atoms with Gasteiger partial charge in [0.1, 0.15) is 0 Å². The zero-order valence-electron chi connectivity index (χ0n) is 5.20. The number of aromatic nitrogens is 3. The monoisotopic (exact) mass is 403 g/mol. The second-order valence-electron chi connectivity index (χ2n) is 1.69. The molecule has 0 saturated carbocycles. The van der Waals surface area contributed by atoms with E-state index < -0.39 is 17.1 Å². The van der Waals surface area contributed by atoms with Crippen molar-refractivity contribution >= 4 is 99.8 Å². The Morgan fingerprint density at radius 2 is 0.846 bits per heavy atom. The average Bonchev–Trinajstić information content (AvgIpc) is 2.08. The molecule has 68 valence electrons. The Labute approximate surface area is 139 Å². The first-order valence-corrected chi connectivity index (χ1v) is 4.59. The van der Waals surface area contributed by atoms with E-state index in [1.807, 2.05) is 0 Å². The van der Waals surface area contributed by atoms with Crippen LogP contribution in [0, 0.1) is 0 Å². The van der Waals surface area contributed by atoms with Crippen LogP contribution in [-0.2, 0) is 0 Å². The summed E-state index contributed by atoms with van der Waals surface area (Å²) in [5.41, 5.74) is -2.41. The van der Waals surface area contributed by atoms with Crippen LogP contribution in [0.25, 0.3) is 0 Å². The molecule has 1 aromatic rings. The first kappa shape index (κ1) is 14.5. The minimum atomic E-state index is -0.805. The molecule has 1 aromatic heterocycles. The first-order chi connectivity index (χ1) is 5.46. The molecule has 0 unspecified atom stereocenters. The van der Waals surface area contributed by atoms with Gasteiger partial charge < -0.3 is 0 Å². The van der Waals surface area contributed by atoms with E-state index in [1.165, 1.54) is 0 Å². The Balaban J connectivity index is 0.00000144. The number of halogens is 3. The number of nitrogens with zero attached hydrogens (tertiary/aromatic N) is 3. The van der Waals surface area contributed by atoms with Gasteiger partial charge in [-0.3, -0.25) is 0 Å². The van der Waals surface area contributed by atoms with Crippen LogP contribution in [-0.4, -0.2) is 62.2 Å². The molecule has 0 N–H and O–H groups in total. The van der Waals surface area contributed by atoms with Crippen molar-refractivity contribution in [3.8, 4) is 0 Å². The van der Waals surface area contributed by atoms with Gasteiger partial charge in [-0.05, 0) is 0 Å². The number of hydrogen-bond acceptors (Lipinski definition) is 3. The van der Waals surface area contributed by atoms with Gasteiger partial charge in [0.2, 0.25) is 0 Å². The third-order valence-electron chi connectivity index (χ3n) is 1.01. The van der Waals surface area contributed by atoms with Crippen LogP contribution in [0.1, 0.15) is 0 Å².